The van der Waals surface area contributed by atoms with E-state index in [2.05, 4.69) is 0 Å². The van der Waals surface area contributed by atoms with Gasteiger partial charge in [0, 0.05) is 17.1 Å². The van der Waals surface area contributed by atoms with E-state index in [1.807, 2.05) is 0 Å². The SMILES string of the molecule is NCc1ccc(F)c(CS(=O)(=O)Cc2ccc(Cl)cc2)c1. The lowest BCUT2D eigenvalue weighted by molar-refractivity contribution is 0.586. The molecule has 0 atom stereocenters. The van der Waals surface area contributed by atoms with Crippen LogP contribution >= 0.6 is 11.6 Å². The van der Waals surface area contributed by atoms with E-state index in [1.54, 1.807) is 30.3 Å². The molecule has 0 aliphatic heterocycles. The van der Waals surface area contributed by atoms with E-state index in [9.17, 15) is 12.8 Å². The number of hydrogen-bond donors (Lipinski definition) is 1. The Morgan fingerprint density at radius 2 is 1.62 bits per heavy atom. The topological polar surface area (TPSA) is 60.2 Å². The van der Waals surface area contributed by atoms with Crippen LogP contribution in [0.4, 0.5) is 4.39 Å². The molecule has 6 heteroatoms. The molecule has 0 aliphatic carbocycles. The number of rotatable bonds is 5. The Bertz CT molecular complexity index is 730. The lowest BCUT2D eigenvalue weighted by atomic mass is 10.1. The summed E-state index contributed by atoms with van der Waals surface area (Å²) in [5.41, 5.74) is 6.95. The Hall–Kier alpha value is -1.43. The molecule has 0 amide bonds. The maximum absolute atomic E-state index is 13.7. The van der Waals surface area contributed by atoms with Gasteiger partial charge >= 0.3 is 0 Å². The van der Waals surface area contributed by atoms with E-state index in [4.69, 9.17) is 17.3 Å². The molecule has 0 saturated heterocycles. The van der Waals surface area contributed by atoms with Gasteiger partial charge in [-0.3, -0.25) is 0 Å². The molecule has 3 nitrogen and oxygen atoms in total. The number of hydrogen-bond acceptors (Lipinski definition) is 3. The Morgan fingerprint density at radius 3 is 2.24 bits per heavy atom. The number of halogens is 2. The molecular formula is C15H15ClFNO2S. The number of nitrogens with two attached hydrogens (primary N) is 1. The predicted molar refractivity (Wildman–Crippen MR) is 82.1 cm³/mol. The van der Waals surface area contributed by atoms with E-state index < -0.39 is 15.7 Å². The molecule has 0 saturated carbocycles. The van der Waals surface area contributed by atoms with Crippen molar-refractivity contribution in [1.29, 1.82) is 0 Å². The van der Waals surface area contributed by atoms with Crippen LogP contribution in [0.15, 0.2) is 42.5 Å². The van der Waals surface area contributed by atoms with Crippen LogP contribution in [0.5, 0.6) is 0 Å². The Balaban J connectivity index is 2.19. The van der Waals surface area contributed by atoms with Crippen LogP contribution in [0.1, 0.15) is 16.7 Å². The third-order valence-electron chi connectivity index (χ3n) is 3.02. The molecule has 0 aliphatic rings. The lowest BCUT2D eigenvalue weighted by Crippen LogP contribution is -2.10. The highest BCUT2D eigenvalue weighted by Gasteiger charge is 2.16. The maximum Gasteiger partial charge on any atom is 0.158 e. The van der Waals surface area contributed by atoms with Crippen LogP contribution in [0, 0.1) is 5.82 Å². The summed E-state index contributed by atoms with van der Waals surface area (Å²) in [5, 5.41) is 0.540. The van der Waals surface area contributed by atoms with Gasteiger partial charge < -0.3 is 5.73 Å². The summed E-state index contributed by atoms with van der Waals surface area (Å²) in [7, 11) is -3.47. The van der Waals surface area contributed by atoms with E-state index in [1.165, 1.54) is 12.1 Å². The van der Waals surface area contributed by atoms with Gasteiger partial charge in [0.2, 0.25) is 0 Å². The molecule has 0 heterocycles. The Morgan fingerprint density at radius 1 is 1.00 bits per heavy atom. The van der Waals surface area contributed by atoms with Crippen molar-refractivity contribution in [3.63, 3.8) is 0 Å². The summed E-state index contributed by atoms with van der Waals surface area (Å²) in [5.74, 6) is -1.04. The quantitative estimate of drug-likeness (QED) is 0.918. The highest BCUT2D eigenvalue weighted by Crippen LogP contribution is 2.18. The zero-order chi connectivity index (χ0) is 15.5. The molecule has 2 rings (SSSR count). The van der Waals surface area contributed by atoms with Crippen molar-refractivity contribution in [2.75, 3.05) is 0 Å². The molecule has 0 aromatic heterocycles. The molecule has 0 unspecified atom stereocenters. The smallest absolute Gasteiger partial charge is 0.158 e. The second-order valence-electron chi connectivity index (χ2n) is 4.79. The van der Waals surface area contributed by atoms with Crippen molar-refractivity contribution in [2.45, 2.75) is 18.1 Å². The van der Waals surface area contributed by atoms with E-state index in [0.29, 0.717) is 16.1 Å². The van der Waals surface area contributed by atoms with Crippen molar-refractivity contribution in [3.8, 4) is 0 Å². The minimum Gasteiger partial charge on any atom is -0.326 e. The normalized spacial score (nSPS) is 11.6. The summed E-state index contributed by atoms with van der Waals surface area (Å²) >= 11 is 5.76. The average molecular weight is 328 g/mol. The second-order valence-corrected chi connectivity index (χ2v) is 7.29. The standard InChI is InChI=1S/C15H15ClFNO2S/c16-14-4-1-11(2-5-14)9-21(19,20)10-13-7-12(8-18)3-6-15(13)17/h1-7H,8-10,18H2. The fourth-order valence-corrected chi connectivity index (χ4v) is 3.61. The molecular weight excluding hydrogens is 313 g/mol. The van der Waals surface area contributed by atoms with Crippen molar-refractivity contribution >= 4 is 21.4 Å². The van der Waals surface area contributed by atoms with E-state index >= 15 is 0 Å². The fraction of sp³-hybridized carbons (Fsp3) is 0.200. The largest absolute Gasteiger partial charge is 0.326 e. The van der Waals surface area contributed by atoms with Crippen LogP contribution in [0.25, 0.3) is 0 Å². The van der Waals surface area contributed by atoms with Gasteiger partial charge in [0.1, 0.15) is 5.82 Å². The molecule has 2 N–H and O–H groups in total. The van der Waals surface area contributed by atoms with Gasteiger partial charge in [0.05, 0.1) is 11.5 Å². The third kappa shape index (κ3) is 4.52. The summed E-state index contributed by atoms with van der Waals surface area (Å²) < 4.78 is 38.1. The average Bonchev–Trinajstić information content (AvgIpc) is 2.43. The van der Waals surface area contributed by atoms with Gasteiger partial charge in [0.15, 0.2) is 9.84 Å². The first kappa shape index (κ1) is 15.9. The van der Waals surface area contributed by atoms with Crippen LogP contribution in [0.3, 0.4) is 0 Å². The minimum atomic E-state index is -3.47. The molecule has 0 spiro atoms. The second kappa shape index (κ2) is 6.56. The van der Waals surface area contributed by atoms with Crippen molar-refractivity contribution in [3.05, 3.63) is 70.0 Å². The van der Waals surface area contributed by atoms with Crippen molar-refractivity contribution in [1.82, 2.24) is 0 Å². The van der Waals surface area contributed by atoms with Gasteiger partial charge in [0.25, 0.3) is 0 Å². The minimum absolute atomic E-state index is 0.145. The molecule has 0 bridgehead atoms. The van der Waals surface area contributed by atoms with Gasteiger partial charge in [-0.25, -0.2) is 12.8 Å². The first-order valence-corrected chi connectivity index (χ1v) is 8.52. The molecule has 21 heavy (non-hydrogen) atoms. The Labute approximate surface area is 128 Å². The van der Waals surface area contributed by atoms with Gasteiger partial charge in [-0.2, -0.15) is 0 Å². The summed E-state index contributed by atoms with van der Waals surface area (Å²) in [6.45, 7) is 0.241. The van der Waals surface area contributed by atoms with Gasteiger partial charge in [-0.1, -0.05) is 35.9 Å². The highest BCUT2D eigenvalue weighted by atomic mass is 35.5. The number of sulfone groups is 1. The monoisotopic (exact) mass is 327 g/mol. The summed E-state index contributed by atoms with van der Waals surface area (Å²) in [4.78, 5) is 0. The summed E-state index contributed by atoms with van der Waals surface area (Å²) in [6, 6.07) is 10.8. The van der Waals surface area contributed by atoms with Crippen LogP contribution in [-0.2, 0) is 27.9 Å². The zero-order valence-corrected chi connectivity index (χ0v) is 12.8. The first-order chi connectivity index (χ1) is 9.89. The first-order valence-electron chi connectivity index (χ1n) is 6.32. The van der Waals surface area contributed by atoms with Gasteiger partial charge in [-0.05, 0) is 29.3 Å². The molecule has 0 radical (unpaired) electrons. The molecule has 2 aromatic rings. The highest BCUT2D eigenvalue weighted by molar-refractivity contribution is 7.89. The fourth-order valence-electron chi connectivity index (χ4n) is 1.99. The third-order valence-corrected chi connectivity index (χ3v) is 4.80. The van der Waals surface area contributed by atoms with Gasteiger partial charge in [-0.15, -0.1) is 0 Å². The van der Waals surface area contributed by atoms with Crippen LogP contribution < -0.4 is 5.73 Å². The zero-order valence-electron chi connectivity index (χ0n) is 11.2. The Kier molecular flexibility index (Phi) is 4.98. The number of benzene rings is 2. The van der Waals surface area contributed by atoms with E-state index in [0.717, 1.165) is 0 Å². The van der Waals surface area contributed by atoms with Crippen molar-refractivity contribution in [2.24, 2.45) is 5.73 Å². The van der Waals surface area contributed by atoms with E-state index in [-0.39, 0.29) is 23.6 Å². The maximum atomic E-state index is 13.7. The van der Waals surface area contributed by atoms with Crippen LogP contribution in [0.2, 0.25) is 5.02 Å². The summed E-state index contributed by atoms with van der Waals surface area (Å²) in [6.07, 6.45) is 0. The molecule has 112 valence electrons. The van der Waals surface area contributed by atoms with Crippen molar-refractivity contribution < 1.29 is 12.8 Å². The molecule has 0 fully saturated rings. The lowest BCUT2D eigenvalue weighted by Gasteiger charge is -2.08. The predicted octanol–water partition coefficient (Wildman–Crippen LogP) is 3.05. The van der Waals surface area contributed by atoms with Crippen LogP contribution in [-0.4, -0.2) is 8.42 Å². The molecule has 2 aromatic carbocycles.